The highest BCUT2D eigenvalue weighted by Gasteiger charge is 2.26. The molecule has 21 heavy (non-hydrogen) atoms. The molecule has 112 valence electrons. The van der Waals surface area contributed by atoms with Gasteiger partial charge in [0.05, 0.1) is 41.9 Å². The number of quaternary nitrogens is 1. The number of likely N-dealkylation sites (N-methyl/N-ethyl adjacent to an activating group) is 1. The van der Waals surface area contributed by atoms with Gasteiger partial charge in [0.2, 0.25) is 0 Å². The van der Waals surface area contributed by atoms with Crippen LogP contribution in [0.5, 0.6) is 5.75 Å². The molecule has 1 aliphatic heterocycles. The van der Waals surface area contributed by atoms with Gasteiger partial charge in [0.1, 0.15) is 11.6 Å². The van der Waals surface area contributed by atoms with E-state index in [-0.39, 0.29) is 32.3 Å². The molecule has 3 rings (SSSR count). The van der Waals surface area contributed by atoms with Crippen LogP contribution in [-0.2, 0) is 6.54 Å². The summed E-state index contributed by atoms with van der Waals surface area (Å²) in [5.74, 6) is -0.205. The first kappa shape index (κ1) is 14.6. The maximum atomic E-state index is 12.6. The summed E-state index contributed by atoms with van der Waals surface area (Å²) in [6.45, 7) is 1.73. The van der Waals surface area contributed by atoms with E-state index in [1.165, 1.54) is 23.7 Å². The molecule has 0 amide bonds. The van der Waals surface area contributed by atoms with Crippen molar-refractivity contribution in [1.29, 1.82) is 0 Å². The lowest BCUT2D eigenvalue weighted by atomic mass is 10.2. The highest BCUT2D eigenvalue weighted by molar-refractivity contribution is 6.39. The van der Waals surface area contributed by atoms with E-state index in [4.69, 9.17) is 23.2 Å². The first-order valence-corrected chi connectivity index (χ1v) is 7.63. The van der Waals surface area contributed by atoms with E-state index in [2.05, 4.69) is 12.0 Å². The van der Waals surface area contributed by atoms with Gasteiger partial charge in [0, 0.05) is 12.8 Å². The topological polar surface area (TPSA) is 59.6 Å². The van der Waals surface area contributed by atoms with Gasteiger partial charge >= 0.3 is 0 Å². The summed E-state index contributed by atoms with van der Waals surface area (Å²) in [5, 5.41) is 10.4. The van der Waals surface area contributed by atoms with Gasteiger partial charge in [-0.15, -0.1) is 0 Å². The van der Waals surface area contributed by atoms with Crippen LogP contribution in [0.1, 0.15) is 12.8 Å². The Bertz CT molecular complexity index is 760. The Balaban J connectivity index is 2.10. The number of phenolic OH excluding ortho intramolecular Hbond substituents is 1. The van der Waals surface area contributed by atoms with Crippen LogP contribution in [0.25, 0.3) is 10.9 Å². The van der Waals surface area contributed by atoms with Crippen molar-refractivity contribution in [3.8, 4) is 5.75 Å². The Morgan fingerprint density at radius 1 is 1.48 bits per heavy atom. The zero-order valence-corrected chi connectivity index (χ0v) is 13.1. The maximum absolute atomic E-state index is 12.6. The number of phenols is 1. The molecule has 1 saturated heterocycles. The third-order valence-corrected chi connectivity index (χ3v) is 4.80. The van der Waals surface area contributed by atoms with Crippen LogP contribution < -0.4 is 10.5 Å². The van der Waals surface area contributed by atoms with Crippen LogP contribution in [0.15, 0.2) is 17.2 Å². The van der Waals surface area contributed by atoms with Gasteiger partial charge in [0.15, 0.2) is 5.75 Å². The Labute approximate surface area is 131 Å². The molecule has 1 aromatic heterocycles. The number of hydrogen-bond acceptors (Lipinski definition) is 3. The lowest BCUT2D eigenvalue weighted by Crippen LogP contribution is -3.11. The average Bonchev–Trinajstić information content (AvgIpc) is 2.84. The van der Waals surface area contributed by atoms with E-state index in [0.29, 0.717) is 12.6 Å². The Kier molecular flexibility index (Phi) is 3.82. The van der Waals surface area contributed by atoms with E-state index < -0.39 is 0 Å². The first-order valence-electron chi connectivity index (χ1n) is 6.87. The fourth-order valence-electron chi connectivity index (χ4n) is 2.94. The molecule has 1 aliphatic rings. The van der Waals surface area contributed by atoms with Crippen molar-refractivity contribution < 1.29 is 10.0 Å². The normalized spacial score (nSPS) is 22.0. The molecule has 1 fully saturated rings. The predicted octanol–water partition coefficient (Wildman–Crippen LogP) is 1.09. The molecule has 0 bridgehead atoms. The number of benzene rings is 1. The summed E-state index contributed by atoms with van der Waals surface area (Å²) in [6, 6.07) is 1.78. The van der Waals surface area contributed by atoms with Crippen LogP contribution >= 0.6 is 23.2 Å². The fraction of sp³-hybridized carbons (Fsp3) is 0.429. The second-order valence-corrected chi connectivity index (χ2v) is 6.36. The summed E-state index contributed by atoms with van der Waals surface area (Å²) in [4.78, 5) is 18.2. The number of hydrogen-bond donors (Lipinski definition) is 2. The third kappa shape index (κ3) is 2.50. The molecule has 7 heteroatoms. The summed E-state index contributed by atoms with van der Waals surface area (Å²) >= 11 is 12.0. The summed E-state index contributed by atoms with van der Waals surface area (Å²) in [7, 11) is 2.13. The smallest absolute Gasteiger partial charge is 0.263 e. The van der Waals surface area contributed by atoms with E-state index in [9.17, 15) is 9.90 Å². The Morgan fingerprint density at radius 2 is 2.24 bits per heavy atom. The molecular formula is C14H16Cl2N3O2+. The zero-order chi connectivity index (χ0) is 15.1. The van der Waals surface area contributed by atoms with Crippen molar-refractivity contribution in [2.75, 3.05) is 13.6 Å². The summed E-state index contributed by atoms with van der Waals surface area (Å²) in [6.07, 6.45) is 3.72. The van der Waals surface area contributed by atoms with Crippen molar-refractivity contribution in [3.63, 3.8) is 0 Å². The van der Waals surface area contributed by atoms with Gasteiger partial charge in [0.25, 0.3) is 5.56 Å². The van der Waals surface area contributed by atoms with Crippen molar-refractivity contribution in [3.05, 3.63) is 32.8 Å². The van der Waals surface area contributed by atoms with Crippen molar-refractivity contribution in [2.24, 2.45) is 0 Å². The molecule has 0 aliphatic carbocycles. The van der Waals surface area contributed by atoms with Gasteiger partial charge < -0.3 is 10.0 Å². The number of likely N-dealkylation sites (tertiary alicyclic amines) is 1. The SMILES string of the molecule is C[NH+]1CCCC1Cn1cnc2c(O)c(Cl)cc(Cl)c2c1=O. The largest absolute Gasteiger partial charge is 0.504 e. The van der Waals surface area contributed by atoms with Gasteiger partial charge in [-0.25, -0.2) is 4.98 Å². The average molecular weight is 329 g/mol. The predicted molar refractivity (Wildman–Crippen MR) is 82.5 cm³/mol. The number of fused-ring (bicyclic) bond motifs is 1. The van der Waals surface area contributed by atoms with Gasteiger partial charge in [-0.3, -0.25) is 9.36 Å². The lowest BCUT2D eigenvalue weighted by Gasteiger charge is -2.17. The van der Waals surface area contributed by atoms with Gasteiger partial charge in [-0.2, -0.15) is 0 Å². The van der Waals surface area contributed by atoms with Crippen molar-refractivity contribution in [2.45, 2.75) is 25.4 Å². The van der Waals surface area contributed by atoms with E-state index in [0.717, 1.165) is 13.0 Å². The monoisotopic (exact) mass is 328 g/mol. The lowest BCUT2D eigenvalue weighted by molar-refractivity contribution is -0.893. The minimum Gasteiger partial charge on any atom is -0.504 e. The minimum atomic E-state index is -0.239. The molecule has 0 spiro atoms. The number of aromatic hydroxyl groups is 1. The van der Waals surface area contributed by atoms with Crippen LogP contribution in [-0.4, -0.2) is 34.3 Å². The highest BCUT2D eigenvalue weighted by Crippen LogP contribution is 2.34. The van der Waals surface area contributed by atoms with Gasteiger partial charge in [-0.1, -0.05) is 23.2 Å². The van der Waals surface area contributed by atoms with Crippen LogP contribution in [0.4, 0.5) is 0 Å². The molecule has 2 atom stereocenters. The molecule has 5 nitrogen and oxygen atoms in total. The molecule has 0 radical (unpaired) electrons. The number of nitrogens with one attached hydrogen (secondary N) is 1. The number of rotatable bonds is 2. The zero-order valence-electron chi connectivity index (χ0n) is 11.6. The molecule has 2 unspecified atom stereocenters. The minimum absolute atomic E-state index is 0.0946. The molecule has 2 heterocycles. The van der Waals surface area contributed by atoms with Crippen LogP contribution in [0.3, 0.4) is 0 Å². The van der Waals surface area contributed by atoms with Crippen molar-refractivity contribution in [1.82, 2.24) is 9.55 Å². The quantitative estimate of drug-likeness (QED) is 0.867. The summed E-state index contributed by atoms with van der Waals surface area (Å²) in [5.41, 5.74) is -0.0856. The third-order valence-electron chi connectivity index (χ3n) is 4.22. The Hall–Kier alpha value is -1.30. The molecule has 2 N–H and O–H groups in total. The van der Waals surface area contributed by atoms with Crippen LogP contribution in [0.2, 0.25) is 10.0 Å². The second-order valence-electron chi connectivity index (χ2n) is 5.55. The fourth-order valence-corrected chi connectivity index (χ4v) is 3.48. The van der Waals surface area contributed by atoms with Crippen molar-refractivity contribution >= 4 is 34.1 Å². The molecule has 2 aromatic rings. The first-order chi connectivity index (χ1) is 9.99. The Morgan fingerprint density at radius 3 is 2.90 bits per heavy atom. The standard InChI is InChI=1S/C14H15Cl2N3O2/c1-18-4-2-3-8(18)6-19-7-17-12-11(14(19)21)9(15)5-10(16)13(12)20/h5,7-8,20H,2-4,6H2,1H3/p+1. The number of nitrogens with zero attached hydrogens (tertiary/aromatic N) is 2. The molecule has 0 saturated carbocycles. The number of aromatic nitrogens is 2. The van der Waals surface area contributed by atoms with Gasteiger partial charge in [-0.05, 0) is 6.07 Å². The van der Waals surface area contributed by atoms with E-state index in [1.807, 2.05) is 0 Å². The van der Waals surface area contributed by atoms with Crippen LogP contribution in [0, 0.1) is 0 Å². The molecule has 1 aromatic carbocycles. The highest BCUT2D eigenvalue weighted by atomic mass is 35.5. The summed E-state index contributed by atoms with van der Waals surface area (Å²) < 4.78 is 1.57. The van der Waals surface area contributed by atoms with E-state index in [1.54, 1.807) is 4.57 Å². The maximum Gasteiger partial charge on any atom is 0.263 e. The second kappa shape index (κ2) is 5.48. The molecular weight excluding hydrogens is 313 g/mol. The van der Waals surface area contributed by atoms with E-state index >= 15 is 0 Å². The number of halogens is 2.